The lowest BCUT2D eigenvalue weighted by Gasteiger charge is -2.28. The summed E-state index contributed by atoms with van der Waals surface area (Å²) in [6, 6.07) is 11.2. The van der Waals surface area contributed by atoms with E-state index < -0.39 is 45.5 Å². The molecule has 1 heterocycles. The van der Waals surface area contributed by atoms with Crippen LogP contribution in [0.4, 0.5) is 16.2 Å². The number of esters is 1. The molecule has 0 saturated carbocycles. The summed E-state index contributed by atoms with van der Waals surface area (Å²) in [5.74, 6) is 0.0964. The topological polar surface area (TPSA) is 235 Å². The number of aliphatic hydroxyl groups excluding tert-OH is 1. The Morgan fingerprint density at radius 2 is 1.64 bits per heavy atom. The van der Waals surface area contributed by atoms with Crippen LogP contribution in [0.1, 0.15) is 37.9 Å². The monoisotopic (exact) mass is 694 g/mol. The second kappa shape index (κ2) is 16.6. The minimum atomic E-state index is -1.27. The third-order valence-electron chi connectivity index (χ3n) is 6.95. The summed E-state index contributed by atoms with van der Waals surface area (Å²) in [6.07, 6.45) is 0.115. The Hall–Kier alpha value is -6.43. The summed E-state index contributed by atoms with van der Waals surface area (Å²) in [4.78, 5) is 45.7. The van der Waals surface area contributed by atoms with Crippen molar-refractivity contribution in [2.24, 2.45) is 5.10 Å². The molecule has 0 bridgehead atoms. The number of rotatable bonds is 16. The lowest BCUT2D eigenvalue weighted by atomic mass is 9.95. The van der Waals surface area contributed by atoms with Crippen molar-refractivity contribution in [3.05, 3.63) is 97.2 Å². The molecule has 0 fully saturated rings. The van der Waals surface area contributed by atoms with E-state index in [-0.39, 0.29) is 48.4 Å². The number of hydrazone groups is 1. The lowest BCUT2D eigenvalue weighted by molar-refractivity contribution is -0.394. The second-order valence-corrected chi connectivity index (χ2v) is 10.3. The van der Waals surface area contributed by atoms with E-state index >= 15 is 0 Å². The van der Waals surface area contributed by atoms with E-state index in [1.807, 2.05) is 0 Å². The van der Waals surface area contributed by atoms with Crippen molar-refractivity contribution in [3.8, 4) is 28.7 Å². The molecule has 0 aromatic heterocycles. The Balaban J connectivity index is 1.42. The third-order valence-corrected chi connectivity index (χ3v) is 6.95. The summed E-state index contributed by atoms with van der Waals surface area (Å²) in [5.41, 5.74) is 3.11. The van der Waals surface area contributed by atoms with Crippen LogP contribution in [0.25, 0.3) is 0 Å². The number of amides is 2. The van der Waals surface area contributed by atoms with E-state index in [9.17, 15) is 34.9 Å². The molecule has 2 atom stereocenters. The van der Waals surface area contributed by atoms with Gasteiger partial charge in [-0.1, -0.05) is 6.07 Å². The van der Waals surface area contributed by atoms with Gasteiger partial charge >= 0.3 is 17.7 Å². The lowest BCUT2D eigenvalue weighted by Crippen LogP contribution is -2.45. The number of nitro groups is 2. The van der Waals surface area contributed by atoms with Gasteiger partial charge in [0.15, 0.2) is 29.2 Å². The quantitative estimate of drug-likeness (QED) is 0.0541. The van der Waals surface area contributed by atoms with Gasteiger partial charge in [-0.25, -0.2) is 9.59 Å². The number of nitro benzene ring substituents is 2. The average Bonchev–Trinajstić information content (AvgIpc) is 3.08. The minimum absolute atomic E-state index is 0.119. The van der Waals surface area contributed by atoms with E-state index in [0.29, 0.717) is 22.6 Å². The Morgan fingerprint density at radius 3 is 2.30 bits per heavy atom. The van der Waals surface area contributed by atoms with Crippen LogP contribution in [0.15, 0.2) is 71.0 Å². The van der Waals surface area contributed by atoms with Crippen LogP contribution < -0.4 is 35.0 Å². The molecule has 4 N–H and O–H groups in total. The van der Waals surface area contributed by atoms with Crippen LogP contribution in [0.2, 0.25) is 0 Å². The third kappa shape index (κ3) is 8.92. The Labute approximate surface area is 284 Å². The highest BCUT2D eigenvalue weighted by atomic mass is 16.6. The molecular formula is C32H34N6O12. The summed E-state index contributed by atoms with van der Waals surface area (Å²) < 4.78 is 27.7. The molecular weight excluding hydrogens is 660 g/mol. The predicted octanol–water partition coefficient (Wildman–Crippen LogP) is 4.21. The molecule has 18 heteroatoms. The molecule has 0 saturated heterocycles. The van der Waals surface area contributed by atoms with Crippen molar-refractivity contribution in [3.63, 3.8) is 0 Å². The molecule has 50 heavy (non-hydrogen) atoms. The maximum atomic E-state index is 12.5. The van der Waals surface area contributed by atoms with Crippen molar-refractivity contribution in [1.29, 1.82) is 0 Å². The van der Waals surface area contributed by atoms with Gasteiger partial charge in [0.25, 0.3) is 5.69 Å². The van der Waals surface area contributed by atoms with Gasteiger partial charge in [0, 0.05) is 11.8 Å². The van der Waals surface area contributed by atoms with Crippen LogP contribution in [0.5, 0.6) is 28.7 Å². The molecule has 1 aliphatic heterocycles. The van der Waals surface area contributed by atoms with Crippen molar-refractivity contribution in [2.45, 2.75) is 33.0 Å². The number of carbonyl (C=O) groups excluding carboxylic acids is 2. The first-order valence-corrected chi connectivity index (χ1v) is 15.1. The minimum Gasteiger partial charge on any atom is -0.490 e. The van der Waals surface area contributed by atoms with Crippen LogP contribution >= 0.6 is 0 Å². The number of allylic oxidation sites excluding steroid dienone is 1. The molecule has 264 valence electrons. The number of carbonyl (C=O) groups is 2. The summed E-state index contributed by atoms with van der Waals surface area (Å²) >= 11 is 0. The number of urea groups is 1. The van der Waals surface area contributed by atoms with E-state index in [1.54, 1.807) is 51.1 Å². The summed E-state index contributed by atoms with van der Waals surface area (Å²) in [7, 11) is 1.24. The number of non-ortho nitro benzene ring substituents is 1. The number of hydrogen-bond donors (Lipinski definition) is 4. The molecule has 1 aliphatic rings. The molecule has 3 aromatic rings. The first-order valence-electron chi connectivity index (χ1n) is 15.1. The van der Waals surface area contributed by atoms with Crippen molar-refractivity contribution < 1.29 is 48.2 Å². The predicted molar refractivity (Wildman–Crippen MR) is 176 cm³/mol. The molecule has 4 rings (SSSR count). The first kappa shape index (κ1) is 36.4. The Bertz CT molecular complexity index is 1830. The number of ether oxygens (including phenoxy) is 5. The SMILES string of the molecule is CCOc1cc([C@@H]2NC(=O)NC(C)=C2C(=O)OC)ccc1OC[C@H](O)N/N=C/c1ccc(Oc2ccc([N+](=O)[O-])cc2[N+](=O)[O-])c(OCC)c1. The maximum Gasteiger partial charge on any atom is 0.337 e. The number of benzene rings is 3. The molecule has 0 radical (unpaired) electrons. The highest BCUT2D eigenvalue weighted by Crippen LogP contribution is 2.39. The average molecular weight is 695 g/mol. The number of nitrogens with zero attached hydrogens (tertiary/aromatic N) is 3. The molecule has 3 aromatic carbocycles. The molecule has 0 aliphatic carbocycles. The summed E-state index contributed by atoms with van der Waals surface area (Å²) in [5, 5.41) is 42.3. The first-order chi connectivity index (χ1) is 23.9. The number of aliphatic hydroxyl groups is 1. The van der Waals surface area contributed by atoms with Gasteiger partial charge in [0.05, 0.1) is 54.1 Å². The maximum absolute atomic E-state index is 12.5. The van der Waals surface area contributed by atoms with E-state index in [0.717, 1.165) is 18.2 Å². The zero-order valence-corrected chi connectivity index (χ0v) is 27.3. The van der Waals surface area contributed by atoms with Crippen LogP contribution in [0, 0.1) is 20.2 Å². The fraction of sp³-hybridized carbons (Fsp3) is 0.281. The normalized spacial score (nSPS) is 14.7. The number of hydrogen-bond acceptors (Lipinski definition) is 14. The van der Waals surface area contributed by atoms with Crippen LogP contribution in [-0.4, -0.2) is 66.3 Å². The zero-order valence-electron chi connectivity index (χ0n) is 27.3. The van der Waals surface area contributed by atoms with Gasteiger partial charge in [-0.2, -0.15) is 5.10 Å². The molecule has 0 unspecified atom stereocenters. The van der Waals surface area contributed by atoms with Crippen LogP contribution in [0.3, 0.4) is 0 Å². The number of nitrogens with one attached hydrogen (secondary N) is 3. The smallest absolute Gasteiger partial charge is 0.337 e. The van der Waals surface area contributed by atoms with Crippen molar-refractivity contribution in [1.82, 2.24) is 16.1 Å². The molecule has 2 amide bonds. The van der Waals surface area contributed by atoms with E-state index in [4.69, 9.17) is 23.7 Å². The van der Waals surface area contributed by atoms with Gasteiger partial charge in [0.2, 0.25) is 5.75 Å². The highest BCUT2D eigenvalue weighted by Gasteiger charge is 2.32. The van der Waals surface area contributed by atoms with Gasteiger partial charge in [-0.05, 0) is 68.3 Å². The molecule has 18 nitrogen and oxygen atoms in total. The fourth-order valence-corrected chi connectivity index (χ4v) is 4.74. The molecule has 0 spiro atoms. The largest absolute Gasteiger partial charge is 0.490 e. The number of methoxy groups -OCH3 is 1. The Kier molecular flexibility index (Phi) is 12.1. The van der Waals surface area contributed by atoms with Gasteiger partial charge < -0.3 is 39.4 Å². The standard InChI is InChI=1S/C32H34N6O12/c1-5-47-26-13-19(7-10-25(26)50-23-12-9-21(37(42)43)15-22(23)38(44)45)16-33-36-28(39)17-49-24-11-8-20(14-27(24)48-6-2)30-29(31(40)46-4)18(3)34-32(41)35-30/h7-16,28,30,36,39H,5-6,17H2,1-4H3,(H2,34,35,41)/b33-16+/t28-,30-/m0/s1. The zero-order chi connectivity index (χ0) is 36.4. The van der Waals surface area contributed by atoms with Gasteiger partial charge in [-0.3, -0.25) is 25.7 Å². The Morgan fingerprint density at radius 1 is 0.960 bits per heavy atom. The summed E-state index contributed by atoms with van der Waals surface area (Å²) in [6.45, 7) is 5.35. The van der Waals surface area contributed by atoms with Crippen LogP contribution in [-0.2, 0) is 9.53 Å². The van der Waals surface area contributed by atoms with Gasteiger partial charge in [-0.15, -0.1) is 0 Å². The van der Waals surface area contributed by atoms with Gasteiger partial charge in [0.1, 0.15) is 6.61 Å². The van der Waals surface area contributed by atoms with Crippen molar-refractivity contribution >= 4 is 29.6 Å². The van der Waals surface area contributed by atoms with E-state index in [2.05, 4.69) is 21.2 Å². The van der Waals surface area contributed by atoms with Crippen molar-refractivity contribution in [2.75, 3.05) is 26.9 Å². The fourth-order valence-electron chi connectivity index (χ4n) is 4.74. The van der Waals surface area contributed by atoms with E-state index in [1.165, 1.54) is 19.4 Å². The highest BCUT2D eigenvalue weighted by molar-refractivity contribution is 5.95. The second-order valence-electron chi connectivity index (χ2n) is 10.3.